The van der Waals surface area contributed by atoms with Crippen molar-refractivity contribution in [3.63, 3.8) is 0 Å². The van der Waals surface area contributed by atoms with E-state index in [1.165, 1.54) is 70.6 Å². The summed E-state index contributed by atoms with van der Waals surface area (Å²) >= 11 is 0. The van der Waals surface area contributed by atoms with E-state index in [4.69, 9.17) is 0 Å². The summed E-state index contributed by atoms with van der Waals surface area (Å²) in [6.45, 7) is 6.58. The molecule has 0 heterocycles. The Morgan fingerprint density at radius 1 is 0.245 bits per heavy atom. The van der Waals surface area contributed by atoms with Crippen LogP contribution in [-0.2, 0) is 19.3 Å². The zero-order chi connectivity index (χ0) is 30.3. The van der Waals surface area contributed by atoms with Crippen LogP contribution >= 0.6 is 0 Å². The standard InChI is InChI=1S/2C16H14.C12H12.9CH4/c1-2-12-7-10-16-14(11-12)9-8-13-5-3-4-6-15(13)16;1-2-12-7-8-15-10-13-5-3-4-6-14(13)11-16(15)9-12;1-2-10-7-8-11-5-3-4-6-12(11)9-10;;;;;;;;;/h2*3-11H,2H2,1H3;3-9H,2H2,1H3;9*1H4. The molecule has 0 aromatic heterocycles. The summed E-state index contributed by atoms with van der Waals surface area (Å²) in [6.07, 6.45) is 3.32. The molecule has 0 atom stereocenters. The first-order valence-corrected chi connectivity index (χ1v) is 15.9. The summed E-state index contributed by atoms with van der Waals surface area (Å²) in [4.78, 5) is 0. The first-order chi connectivity index (χ1) is 21.6. The molecule has 8 aromatic rings. The van der Waals surface area contributed by atoms with Gasteiger partial charge in [-0.2, -0.15) is 0 Å². The third-order valence-electron chi connectivity index (χ3n) is 8.62. The summed E-state index contributed by atoms with van der Waals surface area (Å²) in [5.74, 6) is 0. The average molecular weight is 713 g/mol. The van der Waals surface area contributed by atoms with E-state index in [0.29, 0.717) is 0 Å². The maximum atomic E-state index is 2.29. The molecule has 0 amide bonds. The molecule has 0 aliphatic rings. The quantitative estimate of drug-likeness (QED) is 0.126. The summed E-state index contributed by atoms with van der Waals surface area (Å²) in [5, 5.41) is 13.4. The van der Waals surface area contributed by atoms with Crippen molar-refractivity contribution in [2.75, 3.05) is 0 Å². The minimum Gasteiger partial charge on any atom is -0.0776 e. The molecule has 0 spiro atoms. The predicted octanol–water partition coefficient (Wildman–Crippen LogP) is 18.2. The molecule has 0 aliphatic carbocycles. The second kappa shape index (κ2) is 25.9. The first-order valence-electron chi connectivity index (χ1n) is 15.9. The molecule has 0 N–H and O–H groups in total. The van der Waals surface area contributed by atoms with Gasteiger partial charge in [0, 0.05) is 0 Å². The lowest BCUT2D eigenvalue weighted by Crippen LogP contribution is -1.81. The normalized spacial score (nSPS) is 9.04. The molecule has 8 aromatic carbocycles. The lowest BCUT2D eigenvalue weighted by atomic mass is 10.00. The summed E-state index contributed by atoms with van der Waals surface area (Å²) in [5.41, 5.74) is 4.22. The third kappa shape index (κ3) is 12.9. The van der Waals surface area contributed by atoms with E-state index in [2.05, 4.69) is 172 Å². The van der Waals surface area contributed by atoms with Crippen LogP contribution in [0.15, 0.2) is 152 Å². The highest BCUT2D eigenvalue weighted by Gasteiger charge is 2.01. The Labute approximate surface area is 327 Å². The Morgan fingerprint density at radius 2 is 0.547 bits per heavy atom. The van der Waals surface area contributed by atoms with E-state index in [1.54, 1.807) is 0 Å². The van der Waals surface area contributed by atoms with Gasteiger partial charge in [-0.25, -0.2) is 0 Å². The molecular formula is C53H76. The van der Waals surface area contributed by atoms with Crippen LogP contribution in [0.1, 0.15) is 104 Å². The van der Waals surface area contributed by atoms with E-state index in [-0.39, 0.29) is 66.8 Å². The monoisotopic (exact) mass is 713 g/mol. The van der Waals surface area contributed by atoms with Crippen molar-refractivity contribution in [1.29, 1.82) is 0 Å². The molecule has 0 radical (unpaired) electrons. The van der Waals surface area contributed by atoms with Crippen LogP contribution in [0.4, 0.5) is 0 Å². The molecule has 0 saturated heterocycles. The van der Waals surface area contributed by atoms with Crippen LogP contribution in [0.25, 0.3) is 53.9 Å². The highest BCUT2D eigenvalue weighted by atomic mass is 14.1. The van der Waals surface area contributed by atoms with Crippen molar-refractivity contribution in [1.82, 2.24) is 0 Å². The largest absolute Gasteiger partial charge is 0.0776 e. The highest BCUT2D eigenvalue weighted by Crippen LogP contribution is 2.26. The molecule has 0 fully saturated rings. The first kappa shape index (κ1) is 54.8. The van der Waals surface area contributed by atoms with Gasteiger partial charge in [0.2, 0.25) is 0 Å². The molecule has 8 rings (SSSR count). The average Bonchev–Trinajstić information content (AvgIpc) is 3.10. The zero-order valence-corrected chi connectivity index (χ0v) is 26.1. The number of hydrogen-bond donors (Lipinski definition) is 0. The molecule has 0 unspecified atom stereocenters. The van der Waals surface area contributed by atoms with E-state index in [9.17, 15) is 0 Å². The maximum absolute atomic E-state index is 2.29. The molecule has 0 bridgehead atoms. The van der Waals surface area contributed by atoms with Crippen LogP contribution in [-0.4, -0.2) is 0 Å². The van der Waals surface area contributed by atoms with Gasteiger partial charge in [0.15, 0.2) is 0 Å². The maximum Gasteiger partial charge on any atom is -0.0105 e. The van der Waals surface area contributed by atoms with E-state index in [0.717, 1.165) is 19.3 Å². The smallest absolute Gasteiger partial charge is 0.0105 e. The lowest BCUT2D eigenvalue weighted by molar-refractivity contribution is 1.15. The molecule has 0 saturated carbocycles. The minimum absolute atomic E-state index is 0. The van der Waals surface area contributed by atoms with Crippen LogP contribution in [0.2, 0.25) is 0 Å². The van der Waals surface area contributed by atoms with Gasteiger partial charge in [-0.1, -0.05) is 227 Å². The van der Waals surface area contributed by atoms with Crippen molar-refractivity contribution in [2.45, 2.75) is 107 Å². The predicted molar refractivity (Wildman–Crippen MR) is 256 cm³/mol. The summed E-state index contributed by atoms with van der Waals surface area (Å²) in [7, 11) is 0. The fourth-order valence-electron chi connectivity index (χ4n) is 5.95. The fraction of sp³-hybridized carbons (Fsp3) is 0.283. The van der Waals surface area contributed by atoms with Crippen molar-refractivity contribution >= 4 is 53.9 Å². The van der Waals surface area contributed by atoms with Crippen LogP contribution in [0, 0.1) is 0 Å². The summed E-state index contributed by atoms with van der Waals surface area (Å²) in [6, 6.07) is 54.7. The van der Waals surface area contributed by atoms with Crippen LogP contribution in [0.5, 0.6) is 0 Å². The number of rotatable bonds is 3. The topological polar surface area (TPSA) is 0 Å². The molecular weight excluding hydrogens is 637 g/mol. The van der Waals surface area contributed by atoms with E-state index < -0.39 is 0 Å². The van der Waals surface area contributed by atoms with E-state index >= 15 is 0 Å². The van der Waals surface area contributed by atoms with Gasteiger partial charge >= 0.3 is 0 Å². The molecule has 0 heteroatoms. The molecule has 0 nitrogen and oxygen atoms in total. The Morgan fingerprint density at radius 3 is 1.08 bits per heavy atom. The molecule has 0 aliphatic heterocycles. The van der Waals surface area contributed by atoms with Crippen LogP contribution in [0.3, 0.4) is 0 Å². The van der Waals surface area contributed by atoms with Crippen molar-refractivity contribution < 1.29 is 0 Å². The van der Waals surface area contributed by atoms with Crippen LogP contribution < -0.4 is 0 Å². The SMILES string of the molecule is C.C.C.C.C.C.C.C.C.CCc1ccc2c(ccc3ccccc32)c1.CCc1ccc2cc3ccccc3cc2c1.CCc1ccc2ccccc2c1. The zero-order valence-electron chi connectivity index (χ0n) is 26.1. The fourth-order valence-corrected chi connectivity index (χ4v) is 5.95. The van der Waals surface area contributed by atoms with Gasteiger partial charge in [-0.15, -0.1) is 0 Å². The van der Waals surface area contributed by atoms with Crippen molar-refractivity contribution in [2.24, 2.45) is 0 Å². The van der Waals surface area contributed by atoms with Gasteiger partial charge in [0.25, 0.3) is 0 Å². The van der Waals surface area contributed by atoms with Gasteiger partial charge in [0.05, 0.1) is 0 Å². The number of fused-ring (bicyclic) bond motifs is 6. The second-order valence-corrected chi connectivity index (χ2v) is 11.5. The number of benzene rings is 8. The highest BCUT2D eigenvalue weighted by molar-refractivity contribution is 6.07. The van der Waals surface area contributed by atoms with Gasteiger partial charge in [0.1, 0.15) is 0 Å². The van der Waals surface area contributed by atoms with Gasteiger partial charge < -0.3 is 0 Å². The van der Waals surface area contributed by atoms with Gasteiger partial charge in [-0.3, -0.25) is 0 Å². The molecule has 53 heavy (non-hydrogen) atoms. The Kier molecular flexibility index (Phi) is 26.8. The summed E-state index contributed by atoms with van der Waals surface area (Å²) < 4.78 is 0. The lowest BCUT2D eigenvalue weighted by Gasteiger charge is -2.05. The Balaban J connectivity index is -0.000000316. The minimum atomic E-state index is 0. The van der Waals surface area contributed by atoms with Crippen molar-refractivity contribution in [3.05, 3.63) is 168 Å². The van der Waals surface area contributed by atoms with E-state index in [1.807, 2.05) is 0 Å². The number of aryl methyl sites for hydroxylation is 3. The number of hydrogen-bond acceptors (Lipinski definition) is 0. The third-order valence-corrected chi connectivity index (χ3v) is 8.62. The van der Waals surface area contributed by atoms with Gasteiger partial charge in [-0.05, 0) is 102 Å². The second-order valence-electron chi connectivity index (χ2n) is 11.5. The molecule has 288 valence electrons. The van der Waals surface area contributed by atoms with Crippen molar-refractivity contribution in [3.8, 4) is 0 Å². The Bertz CT molecular complexity index is 2170. The Hall–Kier alpha value is -4.94.